The molecule has 1 aromatic carbocycles. The van der Waals surface area contributed by atoms with Gasteiger partial charge in [-0.3, -0.25) is 9.69 Å². The van der Waals surface area contributed by atoms with Crippen molar-refractivity contribution in [3.05, 3.63) is 66.3 Å². The molecule has 3 fully saturated rings. The number of hydrogen-bond donors (Lipinski definition) is 1. The summed E-state index contributed by atoms with van der Waals surface area (Å²) < 4.78 is 11.1. The van der Waals surface area contributed by atoms with Gasteiger partial charge in [-0.25, -0.2) is 9.97 Å². The fourth-order valence-corrected chi connectivity index (χ4v) is 4.97. The highest BCUT2D eigenvalue weighted by Crippen LogP contribution is 2.41. The van der Waals surface area contributed by atoms with Gasteiger partial charge in [0.05, 0.1) is 6.26 Å². The first kappa shape index (κ1) is 20.7. The van der Waals surface area contributed by atoms with Crippen molar-refractivity contribution >= 4 is 5.91 Å². The zero-order valence-electron chi connectivity index (χ0n) is 18.2. The second-order valence-corrected chi connectivity index (χ2v) is 8.65. The van der Waals surface area contributed by atoms with Crippen LogP contribution in [0.1, 0.15) is 30.3 Å². The topological polar surface area (TPSA) is 80.5 Å². The quantitative estimate of drug-likeness (QED) is 0.616. The number of amides is 1. The van der Waals surface area contributed by atoms with Crippen molar-refractivity contribution in [1.29, 1.82) is 0 Å². The summed E-state index contributed by atoms with van der Waals surface area (Å²) in [6.45, 7) is 4.66. The van der Waals surface area contributed by atoms with E-state index >= 15 is 0 Å². The van der Waals surface area contributed by atoms with Crippen molar-refractivity contribution in [2.24, 2.45) is 5.92 Å². The van der Waals surface area contributed by atoms with Crippen molar-refractivity contribution < 1.29 is 13.9 Å². The maximum atomic E-state index is 12.3. The lowest BCUT2D eigenvalue weighted by Gasteiger charge is -2.49. The van der Waals surface area contributed by atoms with Gasteiger partial charge in [-0.1, -0.05) is 18.2 Å². The minimum absolute atomic E-state index is 0.0402. The van der Waals surface area contributed by atoms with Crippen LogP contribution in [-0.4, -0.2) is 53.1 Å². The lowest BCUT2D eigenvalue weighted by atomic mass is 9.74. The molecule has 1 N–H and O–H groups in total. The van der Waals surface area contributed by atoms with Crippen LogP contribution in [0.4, 0.5) is 0 Å². The number of aromatic nitrogens is 2. The molecule has 3 aromatic rings. The number of nitrogens with zero attached hydrogens (tertiary/aromatic N) is 3. The SMILES string of the molecule is Cc1nc(-c2ccco2)cc([C@H]2CN3CC[C@H]2C[C@@H]3CNC(=O)COc2ccccc2)n1. The first-order chi connectivity index (χ1) is 15.7. The molecule has 0 aliphatic carbocycles. The summed E-state index contributed by atoms with van der Waals surface area (Å²) in [7, 11) is 0. The summed E-state index contributed by atoms with van der Waals surface area (Å²) >= 11 is 0. The summed E-state index contributed by atoms with van der Waals surface area (Å²) in [6.07, 6.45) is 3.89. The van der Waals surface area contributed by atoms with E-state index in [0.29, 0.717) is 30.2 Å². The molecule has 3 aliphatic rings. The number of hydrogen-bond acceptors (Lipinski definition) is 6. The molecule has 3 aliphatic heterocycles. The van der Waals surface area contributed by atoms with E-state index in [-0.39, 0.29) is 12.5 Å². The minimum Gasteiger partial charge on any atom is -0.484 e. The Morgan fingerprint density at radius 2 is 2.09 bits per heavy atom. The lowest BCUT2D eigenvalue weighted by molar-refractivity contribution is -0.123. The molecule has 2 aromatic heterocycles. The Morgan fingerprint density at radius 1 is 1.22 bits per heavy atom. The Kier molecular flexibility index (Phi) is 5.90. The van der Waals surface area contributed by atoms with Gasteiger partial charge in [0.15, 0.2) is 12.4 Å². The Morgan fingerprint density at radius 3 is 2.84 bits per heavy atom. The molecule has 5 heterocycles. The van der Waals surface area contributed by atoms with E-state index in [2.05, 4.69) is 21.3 Å². The Hall–Kier alpha value is -3.19. The second kappa shape index (κ2) is 9.12. The molecule has 0 radical (unpaired) electrons. The normalized spacial score (nSPS) is 24.3. The molecule has 166 valence electrons. The molecule has 0 spiro atoms. The third-order valence-corrected chi connectivity index (χ3v) is 6.54. The number of ether oxygens (including phenoxy) is 1. The van der Waals surface area contributed by atoms with Crippen LogP contribution in [0, 0.1) is 12.8 Å². The van der Waals surface area contributed by atoms with Gasteiger partial charge in [0, 0.05) is 30.7 Å². The van der Waals surface area contributed by atoms with Crippen LogP contribution in [0.5, 0.6) is 5.75 Å². The highest BCUT2D eigenvalue weighted by molar-refractivity contribution is 5.77. The number of benzene rings is 1. The second-order valence-electron chi connectivity index (χ2n) is 8.65. The number of para-hydroxylation sites is 1. The van der Waals surface area contributed by atoms with Gasteiger partial charge in [0.25, 0.3) is 5.91 Å². The first-order valence-electron chi connectivity index (χ1n) is 11.2. The fraction of sp³-hybridized carbons (Fsp3) is 0.400. The third-order valence-electron chi connectivity index (χ3n) is 6.54. The summed E-state index contributed by atoms with van der Waals surface area (Å²) in [5.41, 5.74) is 1.94. The smallest absolute Gasteiger partial charge is 0.257 e. The van der Waals surface area contributed by atoms with E-state index in [4.69, 9.17) is 14.1 Å². The van der Waals surface area contributed by atoms with E-state index in [1.165, 1.54) is 0 Å². The summed E-state index contributed by atoms with van der Waals surface area (Å²) in [4.78, 5) is 24.1. The van der Waals surface area contributed by atoms with Gasteiger partial charge in [-0.05, 0) is 62.6 Å². The van der Waals surface area contributed by atoms with E-state index in [1.54, 1.807) is 6.26 Å². The maximum Gasteiger partial charge on any atom is 0.257 e. The van der Waals surface area contributed by atoms with Gasteiger partial charge >= 0.3 is 0 Å². The van der Waals surface area contributed by atoms with Crippen LogP contribution >= 0.6 is 0 Å². The molecule has 0 saturated carbocycles. The third kappa shape index (κ3) is 4.53. The van der Waals surface area contributed by atoms with Gasteiger partial charge in [-0.15, -0.1) is 0 Å². The molecule has 1 amide bonds. The predicted molar refractivity (Wildman–Crippen MR) is 120 cm³/mol. The lowest BCUT2D eigenvalue weighted by Crippen LogP contribution is -2.56. The molecule has 2 bridgehead atoms. The van der Waals surface area contributed by atoms with Crippen LogP contribution in [0.2, 0.25) is 0 Å². The zero-order valence-corrected chi connectivity index (χ0v) is 18.2. The van der Waals surface area contributed by atoms with Crippen molar-refractivity contribution in [2.75, 3.05) is 26.2 Å². The van der Waals surface area contributed by atoms with Crippen molar-refractivity contribution in [3.63, 3.8) is 0 Å². The molecule has 32 heavy (non-hydrogen) atoms. The van der Waals surface area contributed by atoms with Crippen molar-refractivity contribution in [1.82, 2.24) is 20.2 Å². The van der Waals surface area contributed by atoms with Crippen LogP contribution < -0.4 is 10.1 Å². The minimum atomic E-state index is -0.0810. The Bertz CT molecular complexity index is 1050. The van der Waals surface area contributed by atoms with Gasteiger partial charge in [0.1, 0.15) is 17.3 Å². The average molecular weight is 433 g/mol. The molecule has 3 saturated heterocycles. The number of carbonyl (C=O) groups is 1. The standard InChI is InChI=1S/C25H28N4O3/c1-17-27-22(13-23(28-17)24-8-5-11-31-24)21-15-29-10-9-18(21)12-19(29)14-26-25(30)16-32-20-6-3-2-4-7-20/h2-8,11,13,18-19,21H,9-10,12,14-16H2,1H3,(H,26,30)/t18-,19+,21-/m0/s1. The average Bonchev–Trinajstić information content (AvgIpc) is 3.37. The molecule has 6 rings (SSSR count). The van der Waals surface area contributed by atoms with E-state index in [0.717, 1.165) is 48.9 Å². The Labute approximate surface area is 187 Å². The highest BCUT2D eigenvalue weighted by Gasteiger charge is 2.41. The number of piperidine rings is 3. The maximum absolute atomic E-state index is 12.3. The van der Waals surface area contributed by atoms with Gasteiger partial charge < -0.3 is 14.5 Å². The summed E-state index contributed by atoms with van der Waals surface area (Å²) in [5, 5.41) is 3.06. The molecule has 1 unspecified atom stereocenters. The molecular weight excluding hydrogens is 404 g/mol. The highest BCUT2D eigenvalue weighted by atomic mass is 16.5. The van der Waals surface area contributed by atoms with Crippen LogP contribution in [0.3, 0.4) is 0 Å². The van der Waals surface area contributed by atoms with Gasteiger partial charge in [-0.2, -0.15) is 0 Å². The largest absolute Gasteiger partial charge is 0.484 e. The fourth-order valence-electron chi connectivity index (χ4n) is 4.97. The molecule has 7 nitrogen and oxygen atoms in total. The van der Waals surface area contributed by atoms with E-state index in [9.17, 15) is 4.79 Å². The number of carbonyl (C=O) groups excluding carboxylic acids is 1. The summed E-state index contributed by atoms with van der Waals surface area (Å²) in [6, 6.07) is 15.7. The number of rotatable bonds is 7. The molecule has 4 atom stereocenters. The first-order valence-corrected chi connectivity index (χ1v) is 11.2. The van der Waals surface area contributed by atoms with E-state index in [1.807, 2.05) is 49.4 Å². The van der Waals surface area contributed by atoms with Crippen LogP contribution in [-0.2, 0) is 4.79 Å². The molecular formula is C25H28N4O3. The monoisotopic (exact) mass is 432 g/mol. The van der Waals surface area contributed by atoms with Crippen LogP contribution in [0.15, 0.2) is 59.2 Å². The number of fused-ring (bicyclic) bond motifs is 3. The van der Waals surface area contributed by atoms with Crippen molar-refractivity contribution in [2.45, 2.75) is 31.7 Å². The molecule has 7 heteroatoms. The van der Waals surface area contributed by atoms with Crippen LogP contribution in [0.25, 0.3) is 11.5 Å². The zero-order chi connectivity index (χ0) is 21.9. The predicted octanol–water partition coefficient (Wildman–Crippen LogP) is 3.42. The Balaban J connectivity index is 1.18. The van der Waals surface area contributed by atoms with E-state index < -0.39 is 0 Å². The summed E-state index contributed by atoms with van der Waals surface area (Å²) in [5.74, 6) is 3.11. The number of aryl methyl sites for hydroxylation is 1. The van der Waals surface area contributed by atoms with Gasteiger partial charge in [0.2, 0.25) is 0 Å². The van der Waals surface area contributed by atoms with Crippen molar-refractivity contribution in [3.8, 4) is 17.2 Å². The number of furan rings is 1. The number of nitrogens with one attached hydrogen (secondary N) is 1.